The first-order valence-electron chi connectivity index (χ1n) is 6.42. The van der Waals surface area contributed by atoms with Crippen molar-refractivity contribution in [3.05, 3.63) is 33.8 Å². The molecule has 1 aromatic rings. The summed E-state index contributed by atoms with van der Waals surface area (Å²) in [4.78, 5) is 2.48. The van der Waals surface area contributed by atoms with E-state index in [9.17, 15) is 0 Å². The van der Waals surface area contributed by atoms with Gasteiger partial charge in [-0.05, 0) is 43.9 Å². The van der Waals surface area contributed by atoms with Gasteiger partial charge in [0.2, 0.25) is 0 Å². The first kappa shape index (κ1) is 14.6. The summed E-state index contributed by atoms with van der Waals surface area (Å²) in [7, 11) is 0. The number of nitrogens with zero attached hydrogens (tertiary/aromatic N) is 1. The molecule has 4 heteroatoms. The van der Waals surface area contributed by atoms with Gasteiger partial charge in [-0.3, -0.25) is 4.90 Å². The fourth-order valence-electron chi connectivity index (χ4n) is 2.59. The average molecular weight is 351 g/mol. The summed E-state index contributed by atoms with van der Waals surface area (Å²) in [6, 6.07) is 5.74. The van der Waals surface area contributed by atoms with Gasteiger partial charge < -0.3 is 0 Å². The monoisotopic (exact) mass is 349 g/mol. The van der Waals surface area contributed by atoms with Crippen molar-refractivity contribution < 1.29 is 0 Å². The van der Waals surface area contributed by atoms with Crippen molar-refractivity contribution in [3.8, 4) is 0 Å². The molecule has 1 heterocycles. The highest BCUT2D eigenvalue weighted by atomic mass is 79.9. The molecule has 1 atom stereocenters. The smallest absolute Gasteiger partial charge is 0.0465 e. The van der Waals surface area contributed by atoms with E-state index >= 15 is 0 Å². The molecule has 0 radical (unpaired) electrons. The molecule has 1 unspecified atom stereocenters. The molecule has 1 nitrogen and oxygen atoms in total. The Morgan fingerprint density at radius 1 is 1.28 bits per heavy atom. The summed E-state index contributed by atoms with van der Waals surface area (Å²) in [6.07, 6.45) is 3.88. The lowest BCUT2D eigenvalue weighted by Crippen LogP contribution is -2.35. The second-order valence-corrected chi connectivity index (χ2v) is 6.53. The highest BCUT2D eigenvalue weighted by molar-refractivity contribution is 9.09. The van der Waals surface area contributed by atoms with Crippen LogP contribution in [0.4, 0.5) is 0 Å². The van der Waals surface area contributed by atoms with E-state index < -0.39 is 0 Å². The van der Waals surface area contributed by atoms with Gasteiger partial charge >= 0.3 is 0 Å². The molecule has 0 N–H and O–H groups in total. The molecule has 18 heavy (non-hydrogen) atoms. The van der Waals surface area contributed by atoms with E-state index in [1.54, 1.807) is 0 Å². The number of hydrogen-bond acceptors (Lipinski definition) is 1. The van der Waals surface area contributed by atoms with Crippen molar-refractivity contribution in [3.63, 3.8) is 0 Å². The van der Waals surface area contributed by atoms with Crippen LogP contribution in [-0.4, -0.2) is 23.3 Å². The normalized spacial score (nSPS) is 21.2. The molecular weight excluding hydrogens is 333 g/mol. The fourth-order valence-corrected chi connectivity index (χ4v) is 3.76. The van der Waals surface area contributed by atoms with Gasteiger partial charge in [-0.2, -0.15) is 0 Å². The Hall–Kier alpha value is 0.240. The quantitative estimate of drug-likeness (QED) is 0.691. The second kappa shape index (κ2) is 7.14. The Morgan fingerprint density at radius 3 is 2.67 bits per heavy atom. The Labute approximate surface area is 128 Å². The predicted molar refractivity (Wildman–Crippen MR) is 82.9 cm³/mol. The van der Waals surface area contributed by atoms with Crippen molar-refractivity contribution >= 4 is 39.1 Å². The second-order valence-electron chi connectivity index (χ2n) is 4.92. The molecule has 1 fully saturated rings. The van der Waals surface area contributed by atoms with Crippen LogP contribution in [0.3, 0.4) is 0 Å². The third-order valence-electron chi connectivity index (χ3n) is 3.56. The van der Waals surface area contributed by atoms with Crippen LogP contribution in [0.5, 0.6) is 0 Å². The summed E-state index contributed by atoms with van der Waals surface area (Å²) in [5.74, 6) is 0.805. The van der Waals surface area contributed by atoms with Gasteiger partial charge in [0.25, 0.3) is 0 Å². The van der Waals surface area contributed by atoms with Crippen molar-refractivity contribution in [2.24, 2.45) is 5.92 Å². The molecule has 0 aromatic heterocycles. The zero-order chi connectivity index (χ0) is 13.0. The lowest BCUT2D eigenvalue weighted by atomic mass is 9.95. The molecule has 2 rings (SSSR count). The average Bonchev–Trinajstić information content (AvgIpc) is 2.35. The predicted octanol–water partition coefficient (Wildman–Crippen LogP) is 4.99. The number of hydrogen-bond donors (Lipinski definition) is 0. The minimum atomic E-state index is 0.783. The molecule has 1 aliphatic heterocycles. The maximum absolute atomic E-state index is 6.23. The maximum Gasteiger partial charge on any atom is 0.0465 e. The molecule has 0 saturated carbocycles. The van der Waals surface area contributed by atoms with Crippen LogP contribution < -0.4 is 0 Å². The van der Waals surface area contributed by atoms with Crippen LogP contribution in [0.1, 0.15) is 24.8 Å². The lowest BCUT2D eigenvalue weighted by Gasteiger charge is -2.32. The standard InChI is InChI=1S/C14H18BrCl2N/c15-7-6-11-3-2-8-18(9-11)10-12-13(16)4-1-5-14(12)17/h1,4-5,11H,2-3,6-10H2. The Kier molecular flexibility index (Phi) is 5.81. The van der Waals surface area contributed by atoms with Crippen molar-refractivity contribution in [1.82, 2.24) is 4.90 Å². The number of rotatable bonds is 4. The van der Waals surface area contributed by atoms with Crippen molar-refractivity contribution in [2.45, 2.75) is 25.8 Å². The molecular formula is C14H18BrCl2N. The highest BCUT2D eigenvalue weighted by Crippen LogP contribution is 2.28. The zero-order valence-electron chi connectivity index (χ0n) is 10.3. The molecule has 0 amide bonds. The van der Waals surface area contributed by atoms with E-state index in [1.165, 1.54) is 19.3 Å². The molecule has 1 saturated heterocycles. The van der Waals surface area contributed by atoms with E-state index in [-0.39, 0.29) is 0 Å². The van der Waals surface area contributed by atoms with Gasteiger partial charge in [0.15, 0.2) is 0 Å². The maximum atomic E-state index is 6.23. The molecule has 0 aliphatic carbocycles. The fraction of sp³-hybridized carbons (Fsp3) is 0.571. The van der Waals surface area contributed by atoms with E-state index in [2.05, 4.69) is 20.8 Å². The van der Waals surface area contributed by atoms with Crippen LogP contribution >= 0.6 is 39.1 Å². The topological polar surface area (TPSA) is 3.24 Å². The summed E-state index contributed by atoms with van der Waals surface area (Å²) in [6.45, 7) is 3.19. The zero-order valence-corrected chi connectivity index (χ0v) is 13.4. The molecule has 0 spiro atoms. The first-order chi connectivity index (χ1) is 8.70. The van der Waals surface area contributed by atoms with Crippen LogP contribution in [0.2, 0.25) is 10.0 Å². The lowest BCUT2D eigenvalue weighted by molar-refractivity contribution is 0.165. The number of alkyl halides is 1. The van der Waals surface area contributed by atoms with Crippen LogP contribution in [-0.2, 0) is 6.54 Å². The van der Waals surface area contributed by atoms with Crippen molar-refractivity contribution in [2.75, 3.05) is 18.4 Å². The number of benzene rings is 1. The van der Waals surface area contributed by atoms with Gasteiger partial charge in [-0.25, -0.2) is 0 Å². The van der Waals surface area contributed by atoms with Gasteiger partial charge in [0.05, 0.1) is 0 Å². The Morgan fingerprint density at radius 2 is 2.00 bits per heavy atom. The van der Waals surface area contributed by atoms with E-state index in [0.717, 1.165) is 46.5 Å². The van der Waals surface area contributed by atoms with Crippen molar-refractivity contribution in [1.29, 1.82) is 0 Å². The third kappa shape index (κ3) is 3.86. The van der Waals surface area contributed by atoms with Gasteiger partial charge in [-0.1, -0.05) is 45.2 Å². The van der Waals surface area contributed by atoms with Crippen LogP contribution in [0.25, 0.3) is 0 Å². The number of halogens is 3. The van der Waals surface area contributed by atoms with Crippen LogP contribution in [0, 0.1) is 5.92 Å². The highest BCUT2D eigenvalue weighted by Gasteiger charge is 2.20. The Balaban J connectivity index is 2.00. The minimum absolute atomic E-state index is 0.783. The minimum Gasteiger partial charge on any atom is -0.299 e. The summed E-state index contributed by atoms with van der Waals surface area (Å²) in [5.41, 5.74) is 1.07. The van der Waals surface area contributed by atoms with E-state index in [1.807, 2.05) is 18.2 Å². The summed E-state index contributed by atoms with van der Waals surface area (Å²) >= 11 is 16.0. The largest absolute Gasteiger partial charge is 0.299 e. The summed E-state index contributed by atoms with van der Waals surface area (Å²) in [5, 5.41) is 2.66. The third-order valence-corrected chi connectivity index (χ3v) is 4.73. The van der Waals surface area contributed by atoms with E-state index in [0.29, 0.717) is 0 Å². The van der Waals surface area contributed by atoms with Gasteiger partial charge in [-0.15, -0.1) is 0 Å². The van der Waals surface area contributed by atoms with Gasteiger partial charge in [0.1, 0.15) is 0 Å². The summed E-state index contributed by atoms with van der Waals surface area (Å²) < 4.78 is 0. The molecule has 1 aromatic carbocycles. The molecule has 0 bridgehead atoms. The molecule has 1 aliphatic rings. The first-order valence-corrected chi connectivity index (χ1v) is 8.29. The number of likely N-dealkylation sites (tertiary alicyclic amines) is 1. The number of piperidine rings is 1. The van der Waals surface area contributed by atoms with Gasteiger partial charge in [0, 0.05) is 34.0 Å². The van der Waals surface area contributed by atoms with E-state index in [4.69, 9.17) is 23.2 Å². The Bertz CT molecular complexity index is 375. The SMILES string of the molecule is Clc1cccc(Cl)c1CN1CCCC(CCBr)C1. The molecule has 100 valence electrons. The van der Waals surface area contributed by atoms with Crippen LogP contribution in [0.15, 0.2) is 18.2 Å².